The number of hydrogen-bond donors (Lipinski definition) is 3. The number of methoxy groups -OCH3 is 2. The molecule has 0 aromatic heterocycles. The minimum absolute atomic E-state index is 0.190. The highest BCUT2D eigenvalue weighted by Crippen LogP contribution is 2.41. The molecule has 0 fully saturated rings. The van der Waals surface area contributed by atoms with Crippen molar-refractivity contribution in [3.63, 3.8) is 0 Å². The number of nitrogens with one attached hydrogen (secondary N) is 1. The Hall–Kier alpha value is -2.40. The van der Waals surface area contributed by atoms with E-state index in [1.165, 1.54) is 16.0 Å². The SMILES string of the molecule is COc1cc2c(cc1O)C[NH+]1Cc3cc(O)c(OC)cc3C2C1. The summed E-state index contributed by atoms with van der Waals surface area (Å²) >= 11 is 0. The van der Waals surface area contributed by atoms with Gasteiger partial charge in [0.05, 0.1) is 26.7 Å². The minimum atomic E-state index is 0.190. The number of benzene rings is 2. The second-order valence-electron chi connectivity index (χ2n) is 6.31. The molecule has 2 aromatic rings. The molecule has 2 aliphatic rings. The van der Waals surface area contributed by atoms with E-state index in [-0.39, 0.29) is 17.4 Å². The van der Waals surface area contributed by atoms with Crippen molar-refractivity contribution in [3.05, 3.63) is 46.5 Å². The van der Waals surface area contributed by atoms with Crippen LogP contribution in [-0.2, 0) is 13.1 Å². The van der Waals surface area contributed by atoms with E-state index in [1.54, 1.807) is 14.2 Å². The Kier molecular flexibility index (Phi) is 3.13. The number of phenols is 2. The summed E-state index contributed by atoms with van der Waals surface area (Å²) in [6.07, 6.45) is 0. The third-order valence-electron chi connectivity index (χ3n) is 5.01. The smallest absolute Gasteiger partial charge is 0.160 e. The third-order valence-corrected chi connectivity index (χ3v) is 5.01. The lowest BCUT2D eigenvalue weighted by molar-refractivity contribution is -0.933. The van der Waals surface area contributed by atoms with Crippen molar-refractivity contribution in [3.8, 4) is 23.0 Å². The van der Waals surface area contributed by atoms with Gasteiger partial charge in [0.2, 0.25) is 0 Å². The highest BCUT2D eigenvalue weighted by atomic mass is 16.5. The second-order valence-corrected chi connectivity index (χ2v) is 6.31. The zero-order chi connectivity index (χ0) is 16.1. The van der Waals surface area contributed by atoms with Crippen molar-refractivity contribution in [1.82, 2.24) is 0 Å². The van der Waals surface area contributed by atoms with Gasteiger partial charge in [0.1, 0.15) is 13.1 Å². The van der Waals surface area contributed by atoms with Gasteiger partial charge in [-0.25, -0.2) is 0 Å². The van der Waals surface area contributed by atoms with Crippen molar-refractivity contribution in [1.29, 1.82) is 0 Å². The standard InChI is InChI=1S/C18H19NO4/c1-22-17-5-12-10(3-15(17)20)7-19-8-11-4-16(21)18(23-2)6-13(11)14(12)9-19/h3-6,14,20-21H,7-9H2,1-2H3/p+1. The molecule has 4 rings (SSSR count). The van der Waals surface area contributed by atoms with Crippen molar-refractivity contribution < 1.29 is 24.6 Å². The Morgan fingerprint density at radius 3 is 1.78 bits per heavy atom. The first-order chi connectivity index (χ1) is 11.1. The maximum atomic E-state index is 10.1. The summed E-state index contributed by atoms with van der Waals surface area (Å²) in [5, 5.41) is 20.1. The predicted molar refractivity (Wildman–Crippen MR) is 84.4 cm³/mol. The number of rotatable bonds is 2. The van der Waals surface area contributed by atoms with Crippen molar-refractivity contribution in [2.75, 3.05) is 20.8 Å². The fourth-order valence-electron chi connectivity index (χ4n) is 3.96. The summed E-state index contributed by atoms with van der Waals surface area (Å²) in [5.74, 6) is 1.61. The van der Waals surface area contributed by atoms with Gasteiger partial charge in [-0.2, -0.15) is 0 Å². The van der Waals surface area contributed by atoms with Crippen molar-refractivity contribution >= 4 is 0 Å². The molecule has 5 nitrogen and oxygen atoms in total. The summed E-state index contributed by atoms with van der Waals surface area (Å²) in [7, 11) is 3.13. The average molecular weight is 314 g/mol. The number of fused-ring (bicyclic) bond motifs is 6. The largest absolute Gasteiger partial charge is 0.504 e. The lowest BCUT2D eigenvalue weighted by Crippen LogP contribution is -3.11. The fourth-order valence-corrected chi connectivity index (χ4v) is 3.96. The van der Waals surface area contributed by atoms with Crippen molar-refractivity contribution in [2.24, 2.45) is 0 Å². The van der Waals surface area contributed by atoms with Crippen LogP contribution in [0.5, 0.6) is 23.0 Å². The van der Waals surface area contributed by atoms with Gasteiger partial charge in [-0.15, -0.1) is 0 Å². The third kappa shape index (κ3) is 2.11. The molecule has 5 heteroatoms. The van der Waals surface area contributed by atoms with Crippen LogP contribution in [0.3, 0.4) is 0 Å². The van der Waals surface area contributed by atoms with Crippen LogP contribution < -0.4 is 14.4 Å². The number of quaternary nitrogens is 1. The Labute approximate surface area is 134 Å². The number of ether oxygens (including phenoxy) is 2. The Bertz CT molecular complexity index is 724. The van der Waals surface area contributed by atoms with E-state index in [9.17, 15) is 10.2 Å². The molecule has 0 unspecified atom stereocenters. The molecule has 0 aliphatic carbocycles. The molecule has 2 aromatic carbocycles. The first-order valence-corrected chi connectivity index (χ1v) is 7.73. The van der Waals surface area contributed by atoms with Crippen molar-refractivity contribution in [2.45, 2.75) is 19.0 Å². The van der Waals surface area contributed by atoms with E-state index in [0.717, 1.165) is 30.8 Å². The maximum absolute atomic E-state index is 10.1. The van der Waals surface area contributed by atoms with E-state index in [4.69, 9.17) is 9.47 Å². The summed E-state index contributed by atoms with van der Waals surface area (Å²) in [6, 6.07) is 7.53. The van der Waals surface area contributed by atoms with Gasteiger partial charge in [0.15, 0.2) is 23.0 Å². The van der Waals surface area contributed by atoms with E-state index >= 15 is 0 Å². The minimum Gasteiger partial charge on any atom is -0.504 e. The van der Waals surface area contributed by atoms with Crippen LogP contribution in [0.15, 0.2) is 24.3 Å². The molecule has 3 N–H and O–H groups in total. The van der Waals surface area contributed by atoms with Gasteiger partial charge < -0.3 is 24.6 Å². The van der Waals surface area contributed by atoms with Crippen LogP contribution in [0.25, 0.3) is 0 Å². The molecule has 0 atom stereocenters. The molecule has 23 heavy (non-hydrogen) atoms. The molecule has 2 aliphatic heterocycles. The highest BCUT2D eigenvalue weighted by Gasteiger charge is 2.37. The molecule has 0 spiro atoms. The zero-order valence-corrected chi connectivity index (χ0v) is 13.2. The lowest BCUT2D eigenvalue weighted by Gasteiger charge is -2.38. The molecule has 120 valence electrons. The topological polar surface area (TPSA) is 63.4 Å². The van der Waals surface area contributed by atoms with Gasteiger partial charge in [0, 0.05) is 11.1 Å². The first kappa shape index (κ1) is 14.2. The first-order valence-electron chi connectivity index (χ1n) is 7.73. The lowest BCUT2D eigenvalue weighted by atomic mass is 9.79. The molecule has 0 saturated carbocycles. The fraction of sp³-hybridized carbons (Fsp3) is 0.333. The number of phenolic OH excluding ortho intramolecular Hbond substituents is 2. The molecule has 2 heterocycles. The summed E-state index contributed by atoms with van der Waals surface area (Å²) in [5.41, 5.74) is 4.70. The van der Waals surface area contributed by atoms with Gasteiger partial charge in [-0.05, 0) is 35.4 Å². The average Bonchev–Trinajstić information content (AvgIpc) is 2.53. The van der Waals surface area contributed by atoms with Gasteiger partial charge in [-0.3, -0.25) is 0 Å². The van der Waals surface area contributed by atoms with Gasteiger partial charge in [0.25, 0.3) is 0 Å². The van der Waals surface area contributed by atoms with Crippen LogP contribution in [0.4, 0.5) is 0 Å². The Balaban J connectivity index is 1.89. The summed E-state index contributed by atoms with van der Waals surface area (Å²) < 4.78 is 10.6. The monoisotopic (exact) mass is 314 g/mol. The molecular weight excluding hydrogens is 294 g/mol. The van der Waals surface area contributed by atoms with Crippen LogP contribution in [0.2, 0.25) is 0 Å². The van der Waals surface area contributed by atoms with E-state index in [1.807, 2.05) is 24.3 Å². The maximum Gasteiger partial charge on any atom is 0.160 e. The quantitative estimate of drug-likeness (QED) is 0.778. The number of hydrogen-bond acceptors (Lipinski definition) is 4. The predicted octanol–water partition coefficient (Wildman–Crippen LogP) is 1.16. The van der Waals surface area contributed by atoms with Gasteiger partial charge in [-0.1, -0.05) is 0 Å². The molecular formula is C18H20NO4+. The van der Waals surface area contributed by atoms with E-state index in [0.29, 0.717) is 11.5 Å². The van der Waals surface area contributed by atoms with Crippen LogP contribution in [0.1, 0.15) is 28.2 Å². The molecule has 0 saturated heterocycles. The van der Waals surface area contributed by atoms with Crippen LogP contribution in [-0.4, -0.2) is 31.0 Å². The molecule has 2 bridgehead atoms. The van der Waals surface area contributed by atoms with E-state index < -0.39 is 0 Å². The number of aromatic hydroxyl groups is 2. The zero-order valence-electron chi connectivity index (χ0n) is 13.2. The van der Waals surface area contributed by atoms with E-state index in [2.05, 4.69) is 0 Å². The van der Waals surface area contributed by atoms with Gasteiger partial charge >= 0.3 is 0 Å². The summed E-state index contributed by atoms with van der Waals surface area (Å²) in [6.45, 7) is 2.74. The van der Waals surface area contributed by atoms with Crippen LogP contribution >= 0.6 is 0 Å². The molecule has 0 radical (unpaired) electrons. The Morgan fingerprint density at radius 1 is 0.870 bits per heavy atom. The normalized spacial score (nSPS) is 21.3. The summed E-state index contributed by atoms with van der Waals surface area (Å²) in [4.78, 5) is 1.43. The second kappa shape index (κ2) is 5.06. The Morgan fingerprint density at radius 2 is 1.35 bits per heavy atom. The molecule has 0 amide bonds. The van der Waals surface area contributed by atoms with Crippen LogP contribution in [0, 0.1) is 0 Å². The highest BCUT2D eigenvalue weighted by molar-refractivity contribution is 5.55.